The third-order valence-corrected chi connectivity index (χ3v) is 7.71. The van der Waals surface area contributed by atoms with E-state index in [2.05, 4.69) is 10.6 Å². The van der Waals surface area contributed by atoms with Crippen molar-refractivity contribution in [1.82, 2.24) is 20.0 Å². The Kier molecular flexibility index (Phi) is 6.57. The number of carboxylic acid groups (broad SMARTS) is 1. The predicted octanol–water partition coefficient (Wildman–Crippen LogP) is 0.881. The van der Waals surface area contributed by atoms with Gasteiger partial charge in [-0.3, -0.25) is 34.2 Å². The van der Waals surface area contributed by atoms with Crippen LogP contribution in [0.1, 0.15) is 59.2 Å². The van der Waals surface area contributed by atoms with Crippen molar-refractivity contribution < 1.29 is 33.9 Å². The average molecular weight is 512 g/mol. The molecule has 3 fully saturated rings. The molecule has 37 heavy (non-hydrogen) atoms. The lowest BCUT2D eigenvalue weighted by atomic mass is 9.97. The minimum atomic E-state index is -1.02. The number of nitrogens with zero attached hydrogens (tertiary/aromatic N) is 3. The van der Waals surface area contributed by atoms with Crippen molar-refractivity contribution in [3.05, 3.63) is 29.3 Å². The molecule has 12 heteroatoms. The minimum absolute atomic E-state index is 0.0270. The largest absolute Gasteiger partial charge is 0.481 e. The summed E-state index contributed by atoms with van der Waals surface area (Å²) in [7, 11) is 0. The van der Waals surface area contributed by atoms with E-state index in [-0.39, 0.29) is 36.0 Å². The second-order valence-corrected chi connectivity index (χ2v) is 9.96. The maximum absolute atomic E-state index is 13.3. The SMILES string of the molecule is O=C1CCC(N2C(=O)c3cccc(NC4CCN(C(=O)N5CCC(C(=O)O)CC5)CC4)c3C2=O)C(=O)N1. The Balaban J connectivity index is 1.21. The number of carboxylic acids is 1. The first-order valence-electron chi connectivity index (χ1n) is 12.6. The van der Waals surface area contributed by atoms with Crippen molar-refractivity contribution in [1.29, 1.82) is 0 Å². The summed E-state index contributed by atoms with van der Waals surface area (Å²) in [5, 5.41) is 14.7. The number of nitrogens with one attached hydrogen (secondary N) is 2. The molecule has 0 bridgehead atoms. The van der Waals surface area contributed by atoms with Crippen molar-refractivity contribution in [3.63, 3.8) is 0 Å². The lowest BCUT2D eigenvalue weighted by molar-refractivity contribution is -0.143. The Bertz CT molecular complexity index is 1170. The van der Waals surface area contributed by atoms with E-state index in [4.69, 9.17) is 5.11 Å². The average Bonchev–Trinajstić information content (AvgIpc) is 3.14. The van der Waals surface area contributed by atoms with Gasteiger partial charge in [0.05, 0.1) is 17.0 Å². The maximum Gasteiger partial charge on any atom is 0.320 e. The number of urea groups is 1. The number of rotatable bonds is 4. The molecule has 1 atom stereocenters. The zero-order valence-corrected chi connectivity index (χ0v) is 20.3. The van der Waals surface area contributed by atoms with E-state index in [9.17, 15) is 28.8 Å². The van der Waals surface area contributed by atoms with E-state index in [1.165, 1.54) is 0 Å². The van der Waals surface area contributed by atoms with Gasteiger partial charge in [-0.15, -0.1) is 0 Å². The van der Waals surface area contributed by atoms with E-state index in [0.29, 0.717) is 57.5 Å². The molecule has 4 aliphatic rings. The molecule has 6 amide bonds. The fraction of sp³-hybridized carbons (Fsp3) is 0.520. The van der Waals surface area contributed by atoms with Crippen molar-refractivity contribution in [2.75, 3.05) is 31.5 Å². The molecule has 3 N–H and O–H groups in total. The quantitative estimate of drug-likeness (QED) is 0.503. The van der Waals surface area contributed by atoms with Crippen LogP contribution in [-0.4, -0.2) is 93.7 Å². The number of hydrogen-bond donors (Lipinski definition) is 3. The van der Waals surface area contributed by atoms with Crippen molar-refractivity contribution in [2.45, 2.75) is 50.6 Å². The Hall–Kier alpha value is -3.96. The van der Waals surface area contributed by atoms with Gasteiger partial charge in [0, 0.05) is 44.3 Å². The van der Waals surface area contributed by atoms with Gasteiger partial charge in [0.2, 0.25) is 11.8 Å². The molecule has 196 valence electrons. The number of hydrogen-bond acceptors (Lipinski definition) is 7. The first-order chi connectivity index (χ1) is 17.7. The number of amides is 6. The van der Waals surface area contributed by atoms with E-state index >= 15 is 0 Å². The zero-order chi connectivity index (χ0) is 26.3. The summed E-state index contributed by atoms with van der Waals surface area (Å²) in [6.07, 6.45) is 2.35. The lowest BCUT2D eigenvalue weighted by Gasteiger charge is -2.38. The molecular weight excluding hydrogens is 482 g/mol. The molecule has 0 saturated carbocycles. The second kappa shape index (κ2) is 9.83. The van der Waals surface area contributed by atoms with E-state index < -0.39 is 41.6 Å². The fourth-order valence-corrected chi connectivity index (χ4v) is 5.59. The maximum atomic E-state index is 13.3. The molecule has 0 aliphatic carbocycles. The van der Waals surface area contributed by atoms with Gasteiger partial charge < -0.3 is 20.2 Å². The van der Waals surface area contributed by atoms with Crippen LogP contribution in [0.5, 0.6) is 0 Å². The number of imide groups is 2. The summed E-state index contributed by atoms with van der Waals surface area (Å²) in [5.74, 6) is -3.39. The highest BCUT2D eigenvalue weighted by Crippen LogP contribution is 2.33. The van der Waals surface area contributed by atoms with E-state index in [1.54, 1.807) is 28.0 Å². The van der Waals surface area contributed by atoms with Crippen molar-refractivity contribution >= 4 is 41.3 Å². The van der Waals surface area contributed by atoms with Gasteiger partial charge in [-0.05, 0) is 44.2 Å². The Morgan fingerprint density at radius 2 is 1.54 bits per heavy atom. The number of carbonyl (C=O) groups excluding carboxylic acids is 5. The molecule has 5 rings (SSSR count). The van der Waals surface area contributed by atoms with Gasteiger partial charge in [0.1, 0.15) is 6.04 Å². The van der Waals surface area contributed by atoms with Gasteiger partial charge in [-0.25, -0.2) is 4.79 Å². The number of aliphatic carboxylic acids is 1. The number of benzene rings is 1. The fourth-order valence-electron chi connectivity index (χ4n) is 5.59. The Morgan fingerprint density at radius 1 is 0.892 bits per heavy atom. The zero-order valence-electron chi connectivity index (χ0n) is 20.3. The number of likely N-dealkylation sites (tertiary alicyclic amines) is 2. The first-order valence-corrected chi connectivity index (χ1v) is 12.6. The summed E-state index contributed by atoms with van der Waals surface area (Å²) < 4.78 is 0. The summed E-state index contributed by atoms with van der Waals surface area (Å²) in [5.41, 5.74) is 0.945. The van der Waals surface area contributed by atoms with Crippen LogP contribution >= 0.6 is 0 Å². The van der Waals surface area contributed by atoms with Crippen LogP contribution in [-0.2, 0) is 14.4 Å². The van der Waals surface area contributed by atoms with Gasteiger partial charge in [0.25, 0.3) is 11.8 Å². The van der Waals surface area contributed by atoms with E-state index in [1.807, 2.05) is 0 Å². The topological polar surface area (TPSA) is 156 Å². The van der Waals surface area contributed by atoms with Gasteiger partial charge in [0.15, 0.2) is 0 Å². The predicted molar refractivity (Wildman–Crippen MR) is 129 cm³/mol. The number of piperidine rings is 3. The molecule has 1 unspecified atom stereocenters. The second-order valence-electron chi connectivity index (χ2n) is 9.96. The standard InChI is InChI=1S/C25H29N5O7/c31-19-5-4-18(21(32)27-19)30-22(33)16-2-1-3-17(20(16)23(30)34)26-15-8-12-29(13-9-15)25(37)28-10-6-14(7-11-28)24(35)36/h1-3,14-15,18,26H,4-13H2,(H,35,36)(H,27,31,32). The molecule has 3 saturated heterocycles. The summed E-state index contributed by atoms with van der Waals surface area (Å²) in [4.78, 5) is 78.6. The smallest absolute Gasteiger partial charge is 0.320 e. The van der Waals surface area contributed by atoms with Crippen LogP contribution in [0.2, 0.25) is 0 Å². The van der Waals surface area contributed by atoms with Crippen molar-refractivity contribution in [3.8, 4) is 0 Å². The molecule has 0 radical (unpaired) electrons. The van der Waals surface area contributed by atoms with Gasteiger partial charge >= 0.3 is 12.0 Å². The highest BCUT2D eigenvalue weighted by atomic mass is 16.4. The molecule has 12 nitrogen and oxygen atoms in total. The van der Waals surface area contributed by atoms with Crippen LogP contribution in [0.25, 0.3) is 0 Å². The number of anilines is 1. The van der Waals surface area contributed by atoms with Gasteiger partial charge in [-0.1, -0.05) is 6.07 Å². The van der Waals surface area contributed by atoms with Crippen LogP contribution in [0.15, 0.2) is 18.2 Å². The normalized spacial score (nSPS) is 23.2. The van der Waals surface area contributed by atoms with E-state index in [0.717, 1.165) is 4.90 Å². The third kappa shape index (κ3) is 4.63. The number of carbonyl (C=O) groups is 6. The lowest BCUT2D eigenvalue weighted by Crippen LogP contribution is -2.54. The summed E-state index contributed by atoms with van der Waals surface area (Å²) in [6, 6.07) is 3.83. The summed E-state index contributed by atoms with van der Waals surface area (Å²) >= 11 is 0. The van der Waals surface area contributed by atoms with Crippen LogP contribution in [0.4, 0.5) is 10.5 Å². The van der Waals surface area contributed by atoms with Crippen LogP contribution in [0, 0.1) is 5.92 Å². The molecular formula is C25H29N5O7. The minimum Gasteiger partial charge on any atom is -0.481 e. The Labute approximate surface area is 212 Å². The molecule has 0 spiro atoms. The first kappa shape index (κ1) is 24.7. The summed E-state index contributed by atoms with van der Waals surface area (Å²) in [6.45, 7) is 1.90. The number of fused-ring (bicyclic) bond motifs is 1. The molecule has 0 aromatic heterocycles. The Morgan fingerprint density at radius 3 is 2.16 bits per heavy atom. The molecule has 4 aliphatic heterocycles. The van der Waals surface area contributed by atoms with Gasteiger partial charge in [-0.2, -0.15) is 0 Å². The van der Waals surface area contributed by atoms with Crippen LogP contribution in [0.3, 0.4) is 0 Å². The van der Waals surface area contributed by atoms with Crippen LogP contribution < -0.4 is 10.6 Å². The molecule has 1 aromatic carbocycles. The third-order valence-electron chi connectivity index (χ3n) is 7.71. The molecule has 4 heterocycles. The molecule has 1 aromatic rings. The highest BCUT2D eigenvalue weighted by molar-refractivity contribution is 6.25. The van der Waals surface area contributed by atoms with Crippen molar-refractivity contribution in [2.24, 2.45) is 5.92 Å². The highest BCUT2D eigenvalue weighted by Gasteiger charge is 2.45. The monoisotopic (exact) mass is 511 g/mol.